The van der Waals surface area contributed by atoms with Gasteiger partial charge in [0.05, 0.1) is 4.34 Å². The Bertz CT molecular complexity index is 1120. The van der Waals surface area contributed by atoms with Crippen LogP contribution in [-0.2, 0) is 21.2 Å². The molecule has 158 valence electrons. The van der Waals surface area contributed by atoms with E-state index in [0.717, 1.165) is 28.4 Å². The molecule has 0 N–H and O–H groups in total. The van der Waals surface area contributed by atoms with E-state index in [2.05, 4.69) is 0 Å². The highest BCUT2D eigenvalue weighted by atomic mass is 35.5. The standard InChI is InChI=1S/C21H21ClN2O4S2/c22-19-9-11-21(29-19)30(26,27)24-14-12-23(13-15-24)20(25)10-7-17-6-8-18(28-17)16-4-2-1-3-5-16/h1-6,8-9,11H,7,10,12-15H2. The van der Waals surface area contributed by atoms with Gasteiger partial charge in [-0.05, 0) is 24.3 Å². The number of carbonyl (C=O) groups is 1. The second-order valence-electron chi connectivity index (χ2n) is 6.98. The molecule has 1 amide bonds. The van der Waals surface area contributed by atoms with Crippen molar-refractivity contribution in [3.63, 3.8) is 0 Å². The number of rotatable bonds is 6. The van der Waals surface area contributed by atoms with Gasteiger partial charge in [-0.2, -0.15) is 4.31 Å². The molecule has 4 rings (SSSR count). The summed E-state index contributed by atoms with van der Waals surface area (Å²) in [6.07, 6.45) is 0.840. The van der Waals surface area contributed by atoms with E-state index in [1.165, 1.54) is 10.4 Å². The molecule has 9 heteroatoms. The van der Waals surface area contributed by atoms with Crippen molar-refractivity contribution >= 4 is 38.9 Å². The first-order valence-electron chi connectivity index (χ1n) is 9.61. The topological polar surface area (TPSA) is 70.8 Å². The van der Waals surface area contributed by atoms with Gasteiger partial charge in [0.2, 0.25) is 5.91 Å². The van der Waals surface area contributed by atoms with Gasteiger partial charge in [0.25, 0.3) is 10.0 Å². The minimum absolute atomic E-state index is 0.00359. The molecule has 0 bridgehead atoms. The van der Waals surface area contributed by atoms with Crippen molar-refractivity contribution in [1.82, 2.24) is 9.21 Å². The summed E-state index contributed by atoms with van der Waals surface area (Å²) in [5.41, 5.74) is 0.999. The Balaban J connectivity index is 1.29. The lowest BCUT2D eigenvalue weighted by Crippen LogP contribution is -2.50. The molecule has 1 aromatic carbocycles. The number of hydrogen-bond acceptors (Lipinski definition) is 5. The molecular formula is C21H21ClN2O4S2. The summed E-state index contributed by atoms with van der Waals surface area (Å²) in [6, 6.07) is 16.7. The molecule has 0 saturated carbocycles. The maximum Gasteiger partial charge on any atom is 0.252 e. The summed E-state index contributed by atoms with van der Waals surface area (Å²) in [5, 5.41) is 0. The molecule has 0 aliphatic carbocycles. The number of aryl methyl sites for hydroxylation is 1. The van der Waals surface area contributed by atoms with Gasteiger partial charge in [0.15, 0.2) is 0 Å². The number of piperazine rings is 1. The minimum atomic E-state index is -3.55. The van der Waals surface area contributed by atoms with Crippen LogP contribution in [0.25, 0.3) is 11.3 Å². The first-order chi connectivity index (χ1) is 14.4. The molecule has 3 heterocycles. The van der Waals surface area contributed by atoms with Crippen LogP contribution < -0.4 is 0 Å². The van der Waals surface area contributed by atoms with E-state index in [4.69, 9.17) is 16.0 Å². The van der Waals surface area contributed by atoms with E-state index >= 15 is 0 Å². The molecule has 0 unspecified atom stereocenters. The summed E-state index contributed by atoms with van der Waals surface area (Å²) >= 11 is 6.91. The van der Waals surface area contributed by atoms with E-state index in [9.17, 15) is 13.2 Å². The Hall–Kier alpha value is -2.13. The Morgan fingerprint density at radius 2 is 1.73 bits per heavy atom. The van der Waals surface area contributed by atoms with Gasteiger partial charge in [-0.15, -0.1) is 11.3 Å². The highest BCUT2D eigenvalue weighted by Crippen LogP contribution is 2.28. The van der Waals surface area contributed by atoms with Crippen LogP contribution in [0.15, 0.2) is 63.2 Å². The first-order valence-corrected chi connectivity index (χ1v) is 12.2. The third-order valence-corrected chi connectivity index (χ3v) is 8.64. The largest absolute Gasteiger partial charge is 0.461 e. The average Bonchev–Trinajstić information content (AvgIpc) is 3.42. The fraction of sp³-hybridized carbons (Fsp3) is 0.286. The molecule has 6 nitrogen and oxygen atoms in total. The SMILES string of the molecule is O=C(CCc1ccc(-c2ccccc2)o1)N1CCN(S(=O)(=O)c2ccc(Cl)s2)CC1. The first kappa shape index (κ1) is 21.1. The molecule has 0 radical (unpaired) electrons. The van der Waals surface area contributed by atoms with Crippen molar-refractivity contribution in [3.05, 3.63) is 64.7 Å². The fourth-order valence-corrected chi connectivity index (χ4v) is 6.46. The highest BCUT2D eigenvalue weighted by molar-refractivity contribution is 7.91. The predicted octanol–water partition coefficient (Wildman–Crippen LogP) is 4.13. The van der Waals surface area contributed by atoms with Crippen LogP contribution in [0.1, 0.15) is 12.2 Å². The molecule has 1 aliphatic rings. The van der Waals surface area contributed by atoms with Crippen LogP contribution in [0.2, 0.25) is 4.34 Å². The summed E-state index contributed by atoms with van der Waals surface area (Å²) in [4.78, 5) is 14.3. The molecule has 3 aromatic rings. The van der Waals surface area contributed by atoms with Gasteiger partial charge in [0, 0.05) is 44.6 Å². The van der Waals surface area contributed by atoms with Gasteiger partial charge < -0.3 is 9.32 Å². The highest BCUT2D eigenvalue weighted by Gasteiger charge is 2.31. The number of thiophene rings is 1. The molecular weight excluding hydrogens is 444 g/mol. The van der Waals surface area contributed by atoms with E-state index in [1.807, 2.05) is 42.5 Å². The van der Waals surface area contributed by atoms with E-state index in [0.29, 0.717) is 30.3 Å². The lowest BCUT2D eigenvalue weighted by atomic mass is 10.2. The average molecular weight is 465 g/mol. The van der Waals surface area contributed by atoms with Crippen LogP contribution in [0, 0.1) is 0 Å². The second kappa shape index (κ2) is 8.93. The van der Waals surface area contributed by atoms with Crippen molar-refractivity contribution in [3.8, 4) is 11.3 Å². The zero-order valence-electron chi connectivity index (χ0n) is 16.2. The quantitative estimate of drug-likeness (QED) is 0.550. The summed E-state index contributed by atoms with van der Waals surface area (Å²) in [7, 11) is -3.55. The Labute approximate surface area is 184 Å². The van der Waals surface area contributed by atoms with Crippen molar-refractivity contribution in [2.24, 2.45) is 0 Å². The van der Waals surface area contributed by atoms with Crippen LogP contribution in [0.3, 0.4) is 0 Å². The summed E-state index contributed by atoms with van der Waals surface area (Å²) in [5.74, 6) is 1.55. The summed E-state index contributed by atoms with van der Waals surface area (Å²) in [6.45, 7) is 1.32. The maximum absolute atomic E-state index is 12.7. The number of sulfonamides is 1. The number of furan rings is 1. The molecule has 1 aliphatic heterocycles. The number of amides is 1. The van der Waals surface area contributed by atoms with Crippen LogP contribution >= 0.6 is 22.9 Å². The third-order valence-electron chi connectivity index (χ3n) is 5.04. The lowest BCUT2D eigenvalue weighted by Gasteiger charge is -2.33. The minimum Gasteiger partial charge on any atom is -0.461 e. The number of benzene rings is 1. The van der Waals surface area contributed by atoms with Gasteiger partial charge in [0.1, 0.15) is 15.7 Å². The summed E-state index contributed by atoms with van der Waals surface area (Å²) < 4.78 is 33.3. The normalized spacial score (nSPS) is 15.4. The Morgan fingerprint density at radius 3 is 2.40 bits per heavy atom. The molecule has 0 atom stereocenters. The number of halogens is 1. The lowest BCUT2D eigenvalue weighted by molar-refractivity contribution is -0.132. The van der Waals surface area contributed by atoms with Crippen LogP contribution in [0.5, 0.6) is 0 Å². The molecule has 2 aromatic heterocycles. The van der Waals surface area contributed by atoms with E-state index < -0.39 is 10.0 Å². The van der Waals surface area contributed by atoms with Gasteiger partial charge in [-0.1, -0.05) is 41.9 Å². The number of nitrogens with zero attached hydrogens (tertiary/aromatic N) is 2. The zero-order chi connectivity index (χ0) is 21.1. The van der Waals surface area contributed by atoms with Crippen LogP contribution in [0.4, 0.5) is 0 Å². The van der Waals surface area contributed by atoms with Crippen LogP contribution in [-0.4, -0.2) is 49.7 Å². The fourth-order valence-electron chi connectivity index (χ4n) is 3.40. The predicted molar refractivity (Wildman–Crippen MR) is 117 cm³/mol. The van der Waals surface area contributed by atoms with Crippen molar-refractivity contribution in [2.45, 2.75) is 17.1 Å². The van der Waals surface area contributed by atoms with Crippen molar-refractivity contribution in [1.29, 1.82) is 0 Å². The molecule has 1 fully saturated rings. The van der Waals surface area contributed by atoms with E-state index in [-0.39, 0.29) is 23.2 Å². The Kier molecular flexibility index (Phi) is 6.29. The maximum atomic E-state index is 12.7. The van der Waals surface area contributed by atoms with Gasteiger partial charge >= 0.3 is 0 Å². The molecule has 1 saturated heterocycles. The smallest absolute Gasteiger partial charge is 0.252 e. The second-order valence-corrected chi connectivity index (χ2v) is 10.9. The van der Waals surface area contributed by atoms with Crippen molar-refractivity contribution in [2.75, 3.05) is 26.2 Å². The van der Waals surface area contributed by atoms with Gasteiger partial charge in [-0.3, -0.25) is 4.79 Å². The zero-order valence-corrected chi connectivity index (χ0v) is 18.5. The molecule has 0 spiro atoms. The van der Waals surface area contributed by atoms with Crippen molar-refractivity contribution < 1.29 is 17.6 Å². The molecule has 30 heavy (non-hydrogen) atoms. The van der Waals surface area contributed by atoms with E-state index in [1.54, 1.807) is 11.0 Å². The number of carbonyl (C=O) groups excluding carboxylic acids is 1. The monoisotopic (exact) mass is 464 g/mol. The third kappa shape index (κ3) is 4.62. The Morgan fingerprint density at radius 1 is 1.00 bits per heavy atom. The van der Waals surface area contributed by atoms with Gasteiger partial charge in [-0.25, -0.2) is 8.42 Å². The number of hydrogen-bond donors (Lipinski definition) is 0.